The van der Waals surface area contributed by atoms with Crippen molar-refractivity contribution in [2.75, 3.05) is 13.7 Å². The highest BCUT2D eigenvalue weighted by Gasteiger charge is 2.26. The Bertz CT molecular complexity index is 832. The van der Waals surface area contributed by atoms with E-state index in [1.807, 2.05) is 24.3 Å². The molecule has 0 saturated carbocycles. The van der Waals surface area contributed by atoms with Crippen LogP contribution in [0.3, 0.4) is 0 Å². The second kappa shape index (κ2) is 8.10. The lowest BCUT2D eigenvalue weighted by Gasteiger charge is -2.10. The van der Waals surface area contributed by atoms with Crippen molar-refractivity contribution in [3.63, 3.8) is 0 Å². The number of hydrogen-bond donors (Lipinski definition) is 1. The van der Waals surface area contributed by atoms with Crippen LogP contribution in [-0.4, -0.2) is 30.0 Å². The number of amides is 1. The Hall–Kier alpha value is -2.73. The summed E-state index contributed by atoms with van der Waals surface area (Å²) in [6.45, 7) is 3.82. The van der Waals surface area contributed by atoms with Crippen molar-refractivity contribution >= 4 is 22.8 Å². The Morgan fingerprint density at radius 2 is 1.96 bits per heavy atom. The molecule has 1 fully saturated rings. The molecule has 0 radical (unpaired) electrons. The van der Waals surface area contributed by atoms with Gasteiger partial charge in [0.05, 0.1) is 12.4 Å². The Kier molecular flexibility index (Phi) is 5.63. The number of ketones is 1. The van der Waals surface area contributed by atoms with E-state index in [-0.39, 0.29) is 22.9 Å². The van der Waals surface area contributed by atoms with Gasteiger partial charge >= 0.3 is 0 Å². The molecule has 5 nitrogen and oxygen atoms in total. The highest BCUT2D eigenvalue weighted by atomic mass is 32.2. The van der Waals surface area contributed by atoms with Gasteiger partial charge in [0.15, 0.2) is 12.4 Å². The van der Waals surface area contributed by atoms with Gasteiger partial charge in [-0.25, -0.2) is 0 Å². The number of carbonyl (C=O) groups excluding carboxylic acids is 2. The Balaban J connectivity index is 1.55. The van der Waals surface area contributed by atoms with Crippen LogP contribution in [-0.2, 0) is 6.42 Å². The van der Waals surface area contributed by atoms with E-state index in [1.165, 1.54) is 11.8 Å². The van der Waals surface area contributed by atoms with Crippen molar-refractivity contribution in [3.8, 4) is 11.5 Å². The molecule has 1 heterocycles. The van der Waals surface area contributed by atoms with Crippen LogP contribution in [0.25, 0.3) is 0 Å². The number of ether oxygens (including phenoxy) is 2. The Labute approximate surface area is 156 Å². The van der Waals surface area contributed by atoms with E-state index in [0.29, 0.717) is 23.5 Å². The van der Waals surface area contributed by atoms with Crippen LogP contribution in [0.1, 0.15) is 15.9 Å². The number of methoxy groups -OCH3 is 1. The second-order valence-corrected chi connectivity index (χ2v) is 7.01. The van der Waals surface area contributed by atoms with Crippen LogP contribution in [0.5, 0.6) is 11.5 Å². The van der Waals surface area contributed by atoms with E-state index in [0.717, 1.165) is 11.3 Å². The van der Waals surface area contributed by atoms with Crippen molar-refractivity contribution < 1.29 is 19.1 Å². The average Bonchev–Trinajstić information content (AvgIpc) is 2.97. The zero-order valence-electron chi connectivity index (χ0n) is 14.4. The van der Waals surface area contributed by atoms with Crippen LogP contribution >= 0.6 is 11.8 Å². The van der Waals surface area contributed by atoms with E-state index in [9.17, 15) is 9.59 Å². The number of benzene rings is 2. The SMILES string of the molecule is C=C1NC(=O)SC1Cc1ccc(OCC(=O)c2cccc(OC)c2)cc1. The predicted octanol–water partition coefficient (Wildman–Crippen LogP) is 3.84. The minimum atomic E-state index is -0.115. The maximum Gasteiger partial charge on any atom is 0.283 e. The Morgan fingerprint density at radius 1 is 1.19 bits per heavy atom. The third-order valence-electron chi connectivity index (χ3n) is 4.01. The lowest BCUT2D eigenvalue weighted by atomic mass is 10.1. The van der Waals surface area contributed by atoms with Gasteiger partial charge in [-0.05, 0) is 36.2 Å². The summed E-state index contributed by atoms with van der Waals surface area (Å²) in [6.07, 6.45) is 0.714. The maximum atomic E-state index is 12.2. The highest BCUT2D eigenvalue weighted by molar-refractivity contribution is 8.14. The minimum absolute atomic E-state index is 0.0414. The molecule has 3 rings (SSSR count). The molecule has 26 heavy (non-hydrogen) atoms. The zero-order valence-corrected chi connectivity index (χ0v) is 15.2. The normalized spacial score (nSPS) is 16.3. The molecule has 0 aliphatic carbocycles. The predicted molar refractivity (Wildman–Crippen MR) is 102 cm³/mol. The van der Waals surface area contributed by atoms with Crippen LogP contribution in [0.4, 0.5) is 4.79 Å². The van der Waals surface area contributed by atoms with Gasteiger partial charge in [-0.2, -0.15) is 0 Å². The standard InChI is InChI=1S/C20H19NO4S/c1-13-19(26-20(23)21-13)10-14-6-8-16(9-7-14)25-12-18(22)15-4-3-5-17(11-15)24-2/h3-9,11,19H,1,10,12H2,2H3,(H,21,23). The molecule has 0 spiro atoms. The van der Waals surface area contributed by atoms with Gasteiger partial charge < -0.3 is 14.8 Å². The van der Waals surface area contributed by atoms with Crippen molar-refractivity contribution in [3.05, 3.63) is 71.9 Å². The number of Topliss-reactive ketones (excluding diaryl/α,β-unsaturated/α-hetero) is 1. The van der Waals surface area contributed by atoms with Crippen LogP contribution < -0.4 is 14.8 Å². The van der Waals surface area contributed by atoms with Crippen molar-refractivity contribution in [1.82, 2.24) is 5.32 Å². The number of nitrogens with one attached hydrogen (secondary N) is 1. The largest absolute Gasteiger partial charge is 0.497 e. The van der Waals surface area contributed by atoms with E-state index in [1.54, 1.807) is 31.4 Å². The molecule has 1 unspecified atom stereocenters. The van der Waals surface area contributed by atoms with Gasteiger partial charge in [-0.15, -0.1) is 0 Å². The lowest BCUT2D eigenvalue weighted by molar-refractivity contribution is 0.0921. The van der Waals surface area contributed by atoms with Gasteiger partial charge in [0.1, 0.15) is 11.5 Å². The summed E-state index contributed by atoms with van der Waals surface area (Å²) in [5.74, 6) is 1.15. The highest BCUT2D eigenvalue weighted by Crippen LogP contribution is 2.28. The van der Waals surface area contributed by atoms with Gasteiger partial charge in [-0.1, -0.05) is 42.6 Å². The first-order valence-electron chi connectivity index (χ1n) is 8.10. The summed E-state index contributed by atoms with van der Waals surface area (Å²) in [6, 6.07) is 14.5. The molecule has 0 aromatic heterocycles. The van der Waals surface area contributed by atoms with Crippen LogP contribution in [0.2, 0.25) is 0 Å². The zero-order chi connectivity index (χ0) is 18.5. The number of rotatable bonds is 7. The summed E-state index contributed by atoms with van der Waals surface area (Å²) in [5, 5.41) is 2.70. The molecule has 6 heteroatoms. The molecule has 0 bridgehead atoms. The first kappa shape index (κ1) is 18.1. The smallest absolute Gasteiger partial charge is 0.283 e. The monoisotopic (exact) mass is 369 g/mol. The Morgan fingerprint density at radius 3 is 2.62 bits per heavy atom. The molecule has 134 valence electrons. The van der Waals surface area contributed by atoms with Gasteiger partial charge in [0, 0.05) is 11.3 Å². The molecule has 1 aliphatic heterocycles. The summed E-state index contributed by atoms with van der Waals surface area (Å²) in [5.41, 5.74) is 2.37. The fourth-order valence-electron chi connectivity index (χ4n) is 2.57. The first-order chi connectivity index (χ1) is 12.5. The molecule has 1 saturated heterocycles. The van der Waals surface area contributed by atoms with Crippen LogP contribution in [0.15, 0.2) is 60.8 Å². The fourth-order valence-corrected chi connectivity index (χ4v) is 3.50. The van der Waals surface area contributed by atoms with Crippen molar-refractivity contribution in [2.24, 2.45) is 0 Å². The van der Waals surface area contributed by atoms with E-state index >= 15 is 0 Å². The summed E-state index contributed by atoms with van der Waals surface area (Å²) >= 11 is 1.25. The molecule has 1 atom stereocenters. The molecule has 2 aromatic rings. The topological polar surface area (TPSA) is 64.6 Å². The number of thioether (sulfide) groups is 1. The lowest BCUT2D eigenvalue weighted by Crippen LogP contribution is -2.13. The summed E-state index contributed by atoms with van der Waals surface area (Å²) in [7, 11) is 1.56. The fraction of sp³-hybridized carbons (Fsp3) is 0.200. The van der Waals surface area contributed by atoms with Crippen LogP contribution in [0, 0.1) is 0 Å². The van der Waals surface area contributed by atoms with E-state index in [2.05, 4.69) is 11.9 Å². The molecular formula is C20H19NO4S. The van der Waals surface area contributed by atoms with Crippen molar-refractivity contribution in [2.45, 2.75) is 11.7 Å². The number of carbonyl (C=O) groups is 2. The molecule has 1 aliphatic rings. The average molecular weight is 369 g/mol. The van der Waals surface area contributed by atoms with Gasteiger partial charge in [-0.3, -0.25) is 9.59 Å². The quantitative estimate of drug-likeness (QED) is 0.751. The number of hydrogen-bond acceptors (Lipinski definition) is 5. The molecular weight excluding hydrogens is 350 g/mol. The van der Waals surface area contributed by atoms with E-state index < -0.39 is 0 Å². The molecule has 1 amide bonds. The van der Waals surface area contributed by atoms with Crippen molar-refractivity contribution in [1.29, 1.82) is 0 Å². The molecule has 1 N–H and O–H groups in total. The van der Waals surface area contributed by atoms with E-state index in [4.69, 9.17) is 9.47 Å². The summed E-state index contributed by atoms with van der Waals surface area (Å²) < 4.78 is 10.7. The summed E-state index contributed by atoms with van der Waals surface area (Å²) in [4.78, 5) is 23.6. The van der Waals surface area contributed by atoms with Gasteiger partial charge in [0.2, 0.25) is 0 Å². The molecule has 2 aromatic carbocycles. The van der Waals surface area contributed by atoms with Gasteiger partial charge in [0.25, 0.3) is 5.24 Å². The first-order valence-corrected chi connectivity index (χ1v) is 8.98. The second-order valence-electron chi connectivity index (χ2n) is 5.84. The maximum absolute atomic E-state index is 12.2. The minimum Gasteiger partial charge on any atom is -0.497 e. The third kappa shape index (κ3) is 4.46. The third-order valence-corrected chi connectivity index (χ3v) is 5.06.